The van der Waals surface area contributed by atoms with Crippen LogP contribution in [0.1, 0.15) is 22.8 Å². The van der Waals surface area contributed by atoms with E-state index in [1.165, 1.54) is 27.5 Å². The Balaban J connectivity index is 1.90. The van der Waals surface area contributed by atoms with Crippen molar-refractivity contribution in [2.75, 3.05) is 5.75 Å². The zero-order chi connectivity index (χ0) is 17.1. The Morgan fingerprint density at radius 2 is 2.29 bits per heavy atom. The predicted octanol–water partition coefficient (Wildman–Crippen LogP) is 2.85. The molecule has 124 valence electrons. The number of amides is 1. The Labute approximate surface area is 150 Å². The topological polar surface area (TPSA) is 76.4 Å². The first kappa shape index (κ1) is 16.9. The molecule has 9 heteroatoms. The van der Waals surface area contributed by atoms with Gasteiger partial charge in [0.1, 0.15) is 15.7 Å². The molecule has 1 N–H and O–H groups in total. The number of hydrogen-bond donors (Lipinski definition) is 1. The van der Waals surface area contributed by atoms with E-state index in [-0.39, 0.29) is 17.7 Å². The minimum atomic E-state index is -0.445. The lowest BCUT2D eigenvalue weighted by Crippen LogP contribution is -2.32. The summed E-state index contributed by atoms with van der Waals surface area (Å²) < 4.78 is 1.39. The van der Waals surface area contributed by atoms with Gasteiger partial charge in [-0.1, -0.05) is 24.6 Å². The molecule has 3 aromatic rings. The molecule has 0 fully saturated rings. The van der Waals surface area contributed by atoms with Crippen LogP contribution in [0.4, 0.5) is 0 Å². The number of pyridine rings is 1. The molecule has 0 aliphatic heterocycles. The van der Waals surface area contributed by atoms with Crippen LogP contribution in [0.2, 0.25) is 5.15 Å². The number of hydrogen-bond acceptors (Lipinski definition) is 6. The molecule has 3 aromatic heterocycles. The number of carbonyl (C=O) groups excluding carboxylic acids is 1. The van der Waals surface area contributed by atoms with E-state index in [0.29, 0.717) is 15.1 Å². The molecule has 6 nitrogen and oxygen atoms in total. The first-order valence-electron chi connectivity index (χ1n) is 7.11. The lowest BCUT2D eigenvalue weighted by Gasteiger charge is -2.09. The van der Waals surface area contributed by atoms with Crippen LogP contribution in [-0.4, -0.2) is 26.0 Å². The molecule has 0 atom stereocenters. The molecule has 3 rings (SSSR count). The zero-order valence-corrected chi connectivity index (χ0v) is 15.0. The van der Waals surface area contributed by atoms with Crippen molar-refractivity contribution in [3.05, 3.63) is 56.5 Å². The van der Waals surface area contributed by atoms with Crippen molar-refractivity contribution in [3.63, 3.8) is 0 Å². The first-order chi connectivity index (χ1) is 11.6. The van der Waals surface area contributed by atoms with Crippen LogP contribution in [-0.2, 0) is 6.54 Å². The molecule has 1 amide bonds. The Kier molecular flexibility index (Phi) is 5.17. The number of fused-ring (bicyclic) bond motifs is 1. The molecule has 0 saturated carbocycles. The van der Waals surface area contributed by atoms with E-state index in [1.807, 2.05) is 6.92 Å². The number of rotatable bonds is 5. The van der Waals surface area contributed by atoms with Gasteiger partial charge in [0.05, 0.1) is 0 Å². The third-order valence-corrected chi connectivity index (χ3v) is 5.02. The quantitative estimate of drug-likeness (QED) is 0.418. The second-order valence-electron chi connectivity index (χ2n) is 4.76. The summed E-state index contributed by atoms with van der Waals surface area (Å²) in [6.07, 6.45) is 3.20. The molecule has 3 heterocycles. The van der Waals surface area contributed by atoms with Crippen LogP contribution in [0.5, 0.6) is 0 Å². The Bertz CT molecular complexity index is 937. The lowest BCUT2D eigenvalue weighted by atomic mass is 10.2. The summed E-state index contributed by atoms with van der Waals surface area (Å²) in [6.45, 7) is 2.20. The van der Waals surface area contributed by atoms with E-state index in [2.05, 4.69) is 15.3 Å². The molecular formula is C15H13ClN4O2S2. The molecule has 0 bridgehead atoms. The predicted molar refractivity (Wildman–Crippen MR) is 96.2 cm³/mol. The minimum Gasteiger partial charge on any atom is -0.348 e. The molecule has 24 heavy (non-hydrogen) atoms. The standard InChI is InChI=1S/C15H13ClN4O2S2/c1-2-23-13-11(14(22)20-5-6-24-15(20)19-13)12(21)18-8-9-3-4-10(16)17-7-9/h3-7H,2,8H2,1H3,(H,18,21). The Hall–Kier alpha value is -1.90. The average Bonchev–Trinajstić information content (AvgIpc) is 3.03. The summed E-state index contributed by atoms with van der Waals surface area (Å²) in [4.78, 5) is 34.1. The highest BCUT2D eigenvalue weighted by Crippen LogP contribution is 2.20. The van der Waals surface area contributed by atoms with E-state index in [4.69, 9.17) is 11.6 Å². The molecule has 0 aliphatic carbocycles. The van der Waals surface area contributed by atoms with Crippen LogP contribution < -0.4 is 10.9 Å². The van der Waals surface area contributed by atoms with Crippen molar-refractivity contribution in [2.24, 2.45) is 0 Å². The zero-order valence-electron chi connectivity index (χ0n) is 12.7. The second kappa shape index (κ2) is 7.33. The minimum absolute atomic E-state index is 0.0691. The highest BCUT2D eigenvalue weighted by molar-refractivity contribution is 7.99. The third kappa shape index (κ3) is 3.45. The number of thioether (sulfide) groups is 1. The highest BCUT2D eigenvalue weighted by Gasteiger charge is 2.20. The van der Waals surface area contributed by atoms with Crippen molar-refractivity contribution < 1.29 is 4.79 Å². The van der Waals surface area contributed by atoms with Gasteiger partial charge in [0, 0.05) is 24.3 Å². The van der Waals surface area contributed by atoms with Crippen LogP contribution in [0, 0.1) is 0 Å². The fourth-order valence-corrected chi connectivity index (χ4v) is 3.70. The fraction of sp³-hybridized carbons (Fsp3) is 0.200. The molecule has 0 unspecified atom stereocenters. The molecule has 0 aliphatic rings. The monoisotopic (exact) mass is 380 g/mol. The number of nitrogens with one attached hydrogen (secondary N) is 1. The molecule has 0 aromatic carbocycles. The molecule has 0 radical (unpaired) electrons. The van der Waals surface area contributed by atoms with Gasteiger partial charge in [-0.2, -0.15) is 0 Å². The maximum absolute atomic E-state index is 12.6. The maximum Gasteiger partial charge on any atom is 0.272 e. The fourth-order valence-electron chi connectivity index (χ4n) is 2.08. The van der Waals surface area contributed by atoms with Gasteiger partial charge in [-0.3, -0.25) is 14.0 Å². The average molecular weight is 381 g/mol. The van der Waals surface area contributed by atoms with E-state index < -0.39 is 5.91 Å². The summed E-state index contributed by atoms with van der Waals surface area (Å²) in [5, 5.41) is 5.36. The van der Waals surface area contributed by atoms with E-state index >= 15 is 0 Å². The van der Waals surface area contributed by atoms with Crippen LogP contribution in [0.25, 0.3) is 4.96 Å². The maximum atomic E-state index is 12.6. The summed E-state index contributed by atoms with van der Waals surface area (Å²) in [7, 11) is 0. The first-order valence-corrected chi connectivity index (χ1v) is 9.35. The van der Waals surface area contributed by atoms with Gasteiger partial charge in [0.15, 0.2) is 4.96 Å². The van der Waals surface area contributed by atoms with Crippen LogP contribution >= 0.6 is 34.7 Å². The Morgan fingerprint density at radius 1 is 1.46 bits per heavy atom. The third-order valence-electron chi connectivity index (χ3n) is 3.18. The van der Waals surface area contributed by atoms with Gasteiger partial charge in [0.2, 0.25) is 0 Å². The van der Waals surface area contributed by atoms with Gasteiger partial charge in [-0.25, -0.2) is 9.97 Å². The van der Waals surface area contributed by atoms with Crippen molar-refractivity contribution in [2.45, 2.75) is 18.5 Å². The van der Waals surface area contributed by atoms with Crippen LogP contribution in [0.15, 0.2) is 39.7 Å². The summed E-state index contributed by atoms with van der Waals surface area (Å²) in [5.41, 5.74) is 0.505. The van der Waals surface area contributed by atoms with E-state index in [0.717, 1.165) is 11.3 Å². The van der Waals surface area contributed by atoms with Crippen molar-refractivity contribution in [3.8, 4) is 0 Å². The van der Waals surface area contributed by atoms with Gasteiger partial charge < -0.3 is 5.32 Å². The molecule has 0 spiro atoms. The number of aromatic nitrogens is 3. The van der Waals surface area contributed by atoms with E-state index in [1.54, 1.807) is 29.9 Å². The van der Waals surface area contributed by atoms with Crippen molar-refractivity contribution >= 4 is 45.6 Å². The molecular weight excluding hydrogens is 368 g/mol. The van der Waals surface area contributed by atoms with Gasteiger partial charge in [-0.05, 0) is 17.4 Å². The second-order valence-corrected chi connectivity index (χ2v) is 7.27. The number of nitrogens with zero attached hydrogens (tertiary/aromatic N) is 3. The van der Waals surface area contributed by atoms with Crippen LogP contribution in [0.3, 0.4) is 0 Å². The lowest BCUT2D eigenvalue weighted by molar-refractivity contribution is 0.0945. The summed E-state index contributed by atoms with van der Waals surface area (Å²) >= 11 is 8.48. The van der Waals surface area contributed by atoms with Gasteiger partial charge in [0.25, 0.3) is 11.5 Å². The SMILES string of the molecule is CCSc1nc2sccn2c(=O)c1C(=O)NCc1ccc(Cl)nc1. The Morgan fingerprint density at radius 3 is 3.00 bits per heavy atom. The largest absolute Gasteiger partial charge is 0.348 e. The number of carbonyl (C=O) groups is 1. The normalized spacial score (nSPS) is 10.9. The molecule has 0 saturated heterocycles. The highest BCUT2D eigenvalue weighted by atomic mass is 35.5. The van der Waals surface area contributed by atoms with Crippen molar-refractivity contribution in [1.29, 1.82) is 0 Å². The van der Waals surface area contributed by atoms with E-state index in [9.17, 15) is 9.59 Å². The smallest absolute Gasteiger partial charge is 0.272 e. The van der Waals surface area contributed by atoms with Gasteiger partial charge in [-0.15, -0.1) is 23.1 Å². The number of thiazole rings is 1. The number of halogens is 1. The summed E-state index contributed by atoms with van der Waals surface area (Å²) in [6, 6.07) is 3.42. The van der Waals surface area contributed by atoms with Crippen molar-refractivity contribution in [1.82, 2.24) is 19.7 Å². The van der Waals surface area contributed by atoms with Gasteiger partial charge >= 0.3 is 0 Å². The summed E-state index contributed by atoms with van der Waals surface area (Å²) in [5.74, 6) is 0.272.